The molecule has 0 spiro atoms. The van der Waals surface area contributed by atoms with E-state index in [1.807, 2.05) is 6.07 Å². The zero-order chi connectivity index (χ0) is 11.1. The first-order valence-electron chi connectivity index (χ1n) is 5.41. The molecule has 1 aliphatic rings. The van der Waals surface area contributed by atoms with Gasteiger partial charge in [-0.1, -0.05) is 25.4 Å². The average molecular weight is 243 g/mol. The Balaban J connectivity index is 2.28. The lowest BCUT2D eigenvalue weighted by Gasteiger charge is -2.47. The summed E-state index contributed by atoms with van der Waals surface area (Å²) in [6, 6.07) is 2.02. The summed E-state index contributed by atoms with van der Waals surface area (Å²) in [6.45, 7) is 4.23. The van der Waals surface area contributed by atoms with Crippen molar-refractivity contribution in [1.29, 1.82) is 0 Å². The van der Waals surface area contributed by atoms with E-state index in [0.717, 1.165) is 17.2 Å². The minimum Gasteiger partial charge on any atom is -0.299 e. The Hall–Kier alpha value is -0.340. The molecule has 1 atom stereocenters. The molecule has 1 nitrogen and oxygen atoms in total. The quantitative estimate of drug-likeness (QED) is 0.774. The molecule has 0 saturated heterocycles. The van der Waals surface area contributed by atoms with Crippen LogP contribution >= 0.6 is 22.9 Å². The van der Waals surface area contributed by atoms with Crippen molar-refractivity contribution in [3.8, 4) is 0 Å². The molecule has 15 heavy (non-hydrogen) atoms. The molecular formula is C12H15ClOS. The van der Waals surface area contributed by atoms with Crippen LogP contribution in [0.2, 0.25) is 4.34 Å². The number of ketones is 1. The van der Waals surface area contributed by atoms with Crippen molar-refractivity contribution in [2.75, 3.05) is 0 Å². The lowest BCUT2D eigenvalue weighted by molar-refractivity contribution is -0.141. The first-order valence-corrected chi connectivity index (χ1v) is 6.67. The number of hydrogen-bond donors (Lipinski definition) is 0. The summed E-state index contributed by atoms with van der Waals surface area (Å²) in [5.74, 6) is 0.837. The van der Waals surface area contributed by atoms with Gasteiger partial charge < -0.3 is 0 Å². The second kappa shape index (κ2) is 3.91. The average Bonchev–Trinajstić information content (AvgIpc) is 2.63. The van der Waals surface area contributed by atoms with Gasteiger partial charge in [-0.15, -0.1) is 11.3 Å². The molecule has 1 aromatic rings. The van der Waals surface area contributed by atoms with Crippen molar-refractivity contribution in [1.82, 2.24) is 0 Å². The Bertz CT molecular complexity index is 379. The summed E-state index contributed by atoms with van der Waals surface area (Å²) in [4.78, 5) is 11.8. The fourth-order valence-corrected chi connectivity index (χ4v) is 3.67. The molecule has 1 aromatic heterocycles. The molecular weight excluding hydrogens is 228 g/mol. The van der Waals surface area contributed by atoms with Gasteiger partial charge in [0.15, 0.2) is 0 Å². The summed E-state index contributed by atoms with van der Waals surface area (Å²) >= 11 is 7.49. The van der Waals surface area contributed by atoms with Crippen LogP contribution in [0.4, 0.5) is 0 Å². The van der Waals surface area contributed by atoms with Gasteiger partial charge in [-0.2, -0.15) is 0 Å². The van der Waals surface area contributed by atoms with E-state index in [4.69, 9.17) is 11.6 Å². The lowest BCUT2D eigenvalue weighted by atomic mass is 9.54. The maximum atomic E-state index is 11.8. The predicted molar refractivity (Wildman–Crippen MR) is 64.7 cm³/mol. The van der Waals surface area contributed by atoms with E-state index in [2.05, 4.69) is 19.2 Å². The van der Waals surface area contributed by atoms with Gasteiger partial charge in [-0.3, -0.25) is 4.79 Å². The van der Waals surface area contributed by atoms with E-state index >= 15 is 0 Å². The van der Waals surface area contributed by atoms with Crippen LogP contribution in [0.25, 0.3) is 0 Å². The summed E-state index contributed by atoms with van der Waals surface area (Å²) < 4.78 is 0.824. The molecule has 3 heteroatoms. The van der Waals surface area contributed by atoms with Crippen LogP contribution in [-0.2, 0) is 4.79 Å². The third kappa shape index (κ3) is 1.55. The number of carbonyl (C=O) groups is 1. The maximum absolute atomic E-state index is 11.8. The highest BCUT2D eigenvalue weighted by Gasteiger charge is 2.52. The topological polar surface area (TPSA) is 17.1 Å². The van der Waals surface area contributed by atoms with Gasteiger partial charge in [0.05, 0.1) is 4.34 Å². The summed E-state index contributed by atoms with van der Waals surface area (Å²) in [5.41, 5.74) is 1.16. The van der Waals surface area contributed by atoms with E-state index in [0.29, 0.717) is 18.1 Å². The van der Waals surface area contributed by atoms with Crippen LogP contribution < -0.4 is 0 Å². The van der Waals surface area contributed by atoms with Gasteiger partial charge in [-0.25, -0.2) is 0 Å². The second-order valence-electron chi connectivity index (χ2n) is 4.23. The smallest absolute Gasteiger partial charge is 0.140 e. The number of rotatable bonds is 3. The van der Waals surface area contributed by atoms with Crippen molar-refractivity contribution in [3.63, 3.8) is 0 Å². The van der Waals surface area contributed by atoms with Crippen LogP contribution in [0.5, 0.6) is 0 Å². The van der Waals surface area contributed by atoms with E-state index in [-0.39, 0.29) is 5.41 Å². The first-order chi connectivity index (χ1) is 7.14. The molecule has 1 saturated carbocycles. The van der Waals surface area contributed by atoms with E-state index in [1.165, 1.54) is 5.56 Å². The fraction of sp³-hybridized carbons (Fsp3) is 0.583. The van der Waals surface area contributed by atoms with Gasteiger partial charge >= 0.3 is 0 Å². The predicted octanol–water partition coefficient (Wildman–Crippen LogP) is 4.26. The third-order valence-electron chi connectivity index (χ3n) is 3.86. The van der Waals surface area contributed by atoms with Crippen molar-refractivity contribution in [3.05, 3.63) is 21.3 Å². The van der Waals surface area contributed by atoms with Crippen LogP contribution in [0.1, 0.15) is 44.6 Å². The van der Waals surface area contributed by atoms with Gasteiger partial charge in [0.2, 0.25) is 0 Å². The van der Waals surface area contributed by atoms with Crippen molar-refractivity contribution in [2.24, 2.45) is 5.41 Å². The Morgan fingerprint density at radius 3 is 2.60 bits per heavy atom. The number of hydrogen-bond acceptors (Lipinski definition) is 2. The number of thiophene rings is 1. The molecule has 0 N–H and O–H groups in total. The zero-order valence-corrected chi connectivity index (χ0v) is 10.6. The standard InChI is InChI=1S/C12H15ClOS/c1-3-12(4-2)9(6-10(12)14)8-5-11(13)15-7-8/h5,7,9H,3-4,6H2,1-2H3. The molecule has 1 aliphatic carbocycles. The van der Waals surface area contributed by atoms with Crippen LogP contribution in [0.15, 0.2) is 11.4 Å². The highest BCUT2D eigenvalue weighted by atomic mass is 35.5. The minimum atomic E-state index is -0.0929. The SMILES string of the molecule is CCC1(CC)C(=O)CC1c1csc(Cl)c1. The molecule has 0 aromatic carbocycles. The lowest BCUT2D eigenvalue weighted by Crippen LogP contribution is -2.47. The number of carbonyl (C=O) groups excluding carboxylic acids is 1. The van der Waals surface area contributed by atoms with E-state index in [1.54, 1.807) is 11.3 Å². The molecule has 1 fully saturated rings. The first kappa shape index (κ1) is 11.2. The normalized spacial score (nSPS) is 23.9. The van der Waals surface area contributed by atoms with Gasteiger partial charge in [0, 0.05) is 17.8 Å². The fourth-order valence-electron chi connectivity index (χ4n) is 2.73. The van der Waals surface area contributed by atoms with Crippen molar-refractivity contribution < 1.29 is 4.79 Å². The molecule has 0 radical (unpaired) electrons. The zero-order valence-electron chi connectivity index (χ0n) is 9.05. The van der Waals surface area contributed by atoms with Gasteiger partial charge in [-0.05, 0) is 29.9 Å². The molecule has 0 aliphatic heterocycles. The number of halogens is 1. The monoisotopic (exact) mass is 242 g/mol. The molecule has 0 bridgehead atoms. The Morgan fingerprint density at radius 2 is 2.20 bits per heavy atom. The van der Waals surface area contributed by atoms with Gasteiger partial charge in [0.1, 0.15) is 5.78 Å². The largest absolute Gasteiger partial charge is 0.299 e. The molecule has 0 amide bonds. The van der Waals surface area contributed by atoms with Crippen LogP contribution in [0, 0.1) is 5.41 Å². The molecule has 82 valence electrons. The number of Topliss-reactive ketones (excluding diaryl/α,β-unsaturated/α-hetero) is 1. The molecule has 1 heterocycles. The van der Waals surface area contributed by atoms with Crippen molar-refractivity contribution >= 4 is 28.7 Å². The molecule has 1 unspecified atom stereocenters. The highest BCUT2D eigenvalue weighted by Crippen LogP contribution is 2.55. The maximum Gasteiger partial charge on any atom is 0.140 e. The summed E-state index contributed by atoms with van der Waals surface area (Å²) in [7, 11) is 0. The summed E-state index contributed by atoms with van der Waals surface area (Å²) in [6.07, 6.45) is 2.59. The highest BCUT2D eigenvalue weighted by molar-refractivity contribution is 7.14. The van der Waals surface area contributed by atoms with Crippen LogP contribution in [0.3, 0.4) is 0 Å². The molecule has 2 rings (SSSR count). The minimum absolute atomic E-state index is 0.0929. The Kier molecular flexibility index (Phi) is 2.91. The summed E-state index contributed by atoms with van der Waals surface area (Å²) in [5, 5.41) is 2.10. The second-order valence-corrected chi connectivity index (χ2v) is 5.77. The van der Waals surface area contributed by atoms with E-state index < -0.39 is 0 Å². The van der Waals surface area contributed by atoms with E-state index in [9.17, 15) is 4.79 Å². The van der Waals surface area contributed by atoms with Crippen molar-refractivity contribution in [2.45, 2.75) is 39.0 Å². The Labute approximate surface area is 99.5 Å². The third-order valence-corrected chi connectivity index (χ3v) is 4.97. The van der Waals surface area contributed by atoms with Gasteiger partial charge in [0.25, 0.3) is 0 Å². The van der Waals surface area contributed by atoms with Crippen LogP contribution in [-0.4, -0.2) is 5.78 Å². The Morgan fingerprint density at radius 1 is 1.53 bits per heavy atom.